The van der Waals surface area contributed by atoms with Crippen LogP contribution in [0.2, 0.25) is 0 Å². The normalized spacial score (nSPS) is 17.9. The average molecular weight is 263 g/mol. The molecule has 0 radical (unpaired) electrons. The van der Waals surface area contributed by atoms with Gasteiger partial charge in [0, 0.05) is 12.1 Å². The van der Waals surface area contributed by atoms with Crippen molar-refractivity contribution in [3.63, 3.8) is 0 Å². The lowest BCUT2D eigenvalue weighted by atomic mass is 9.82. The Bertz CT molecular complexity index is 417. The zero-order valence-electron chi connectivity index (χ0n) is 12.3. The summed E-state index contributed by atoms with van der Waals surface area (Å²) in [5.41, 5.74) is 2.78. The molecule has 0 saturated heterocycles. The highest BCUT2D eigenvalue weighted by Crippen LogP contribution is 2.41. The van der Waals surface area contributed by atoms with E-state index < -0.39 is 0 Å². The van der Waals surface area contributed by atoms with Crippen LogP contribution >= 0.6 is 0 Å². The first kappa shape index (κ1) is 14.2. The van der Waals surface area contributed by atoms with E-state index in [4.69, 9.17) is 9.47 Å². The van der Waals surface area contributed by atoms with Gasteiger partial charge in [0.25, 0.3) is 0 Å². The molecule has 0 saturated carbocycles. The smallest absolute Gasteiger partial charge is 0.164 e. The van der Waals surface area contributed by atoms with E-state index in [-0.39, 0.29) is 0 Å². The molecular weight excluding hydrogens is 238 g/mol. The topological polar surface area (TPSA) is 30.5 Å². The van der Waals surface area contributed by atoms with E-state index in [0.717, 1.165) is 31.0 Å². The van der Waals surface area contributed by atoms with Crippen molar-refractivity contribution in [2.24, 2.45) is 0 Å². The molecule has 1 N–H and O–H groups in total. The largest absolute Gasteiger partial charge is 0.493 e. The van der Waals surface area contributed by atoms with Crippen LogP contribution in [0, 0.1) is 0 Å². The average Bonchev–Trinajstić information content (AvgIpc) is 2.46. The molecule has 0 amide bonds. The SMILES string of the molecule is CCCNCC1CCCc2c1ccc(OC)c2OC. The second-order valence-corrected chi connectivity index (χ2v) is 5.16. The summed E-state index contributed by atoms with van der Waals surface area (Å²) in [4.78, 5) is 0. The van der Waals surface area contributed by atoms with Crippen molar-refractivity contribution in [1.29, 1.82) is 0 Å². The monoisotopic (exact) mass is 263 g/mol. The van der Waals surface area contributed by atoms with Crippen molar-refractivity contribution in [3.8, 4) is 11.5 Å². The Balaban J connectivity index is 2.24. The lowest BCUT2D eigenvalue weighted by Gasteiger charge is -2.28. The van der Waals surface area contributed by atoms with Crippen LogP contribution < -0.4 is 14.8 Å². The van der Waals surface area contributed by atoms with Crippen molar-refractivity contribution in [3.05, 3.63) is 23.3 Å². The van der Waals surface area contributed by atoms with Crippen LogP contribution in [-0.4, -0.2) is 27.3 Å². The minimum atomic E-state index is 0.607. The maximum atomic E-state index is 5.56. The summed E-state index contributed by atoms with van der Waals surface area (Å²) < 4.78 is 11.0. The maximum absolute atomic E-state index is 5.56. The molecule has 0 spiro atoms. The zero-order valence-corrected chi connectivity index (χ0v) is 12.3. The van der Waals surface area contributed by atoms with E-state index in [1.54, 1.807) is 14.2 Å². The third kappa shape index (κ3) is 3.03. The molecule has 0 aliphatic heterocycles. The highest BCUT2D eigenvalue weighted by molar-refractivity contribution is 5.52. The van der Waals surface area contributed by atoms with Gasteiger partial charge in [0.2, 0.25) is 0 Å². The minimum absolute atomic E-state index is 0.607. The number of hydrogen-bond acceptors (Lipinski definition) is 3. The first-order valence-electron chi connectivity index (χ1n) is 7.26. The standard InChI is InChI=1S/C16H25NO2/c1-4-10-17-11-12-6-5-7-14-13(12)8-9-15(18-2)16(14)19-3/h8-9,12,17H,4-7,10-11H2,1-3H3. The van der Waals surface area contributed by atoms with E-state index in [2.05, 4.69) is 18.3 Å². The second-order valence-electron chi connectivity index (χ2n) is 5.16. The van der Waals surface area contributed by atoms with E-state index in [1.165, 1.54) is 30.4 Å². The molecule has 0 aromatic heterocycles. The quantitative estimate of drug-likeness (QED) is 0.800. The Kier molecular flexibility index (Phi) is 5.08. The molecule has 0 fully saturated rings. The van der Waals surface area contributed by atoms with Gasteiger partial charge < -0.3 is 14.8 Å². The molecule has 19 heavy (non-hydrogen) atoms. The predicted octanol–water partition coefficient (Wildman–Crippen LogP) is 3.12. The number of fused-ring (bicyclic) bond motifs is 1. The van der Waals surface area contributed by atoms with Crippen molar-refractivity contribution in [1.82, 2.24) is 5.32 Å². The van der Waals surface area contributed by atoms with E-state index in [0.29, 0.717) is 5.92 Å². The molecule has 3 nitrogen and oxygen atoms in total. The van der Waals surface area contributed by atoms with Crippen molar-refractivity contribution >= 4 is 0 Å². The highest BCUT2D eigenvalue weighted by Gasteiger charge is 2.24. The maximum Gasteiger partial charge on any atom is 0.164 e. The van der Waals surface area contributed by atoms with Crippen molar-refractivity contribution in [2.45, 2.75) is 38.5 Å². The summed E-state index contributed by atoms with van der Waals surface area (Å²) in [6, 6.07) is 4.25. The number of rotatable bonds is 6. The molecule has 1 atom stereocenters. The van der Waals surface area contributed by atoms with Gasteiger partial charge in [-0.1, -0.05) is 13.0 Å². The summed E-state index contributed by atoms with van der Waals surface area (Å²) in [7, 11) is 3.43. The van der Waals surface area contributed by atoms with Gasteiger partial charge in [-0.25, -0.2) is 0 Å². The van der Waals surface area contributed by atoms with Crippen LogP contribution in [0.5, 0.6) is 11.5 Å². The van der Waals surface area contributed by atoms with Crippen molar-refractivity contribution in [2.75, 3.05) is 27.3 Å². The zero-order chi connectivity index (χ0) is 13.7. The van der Waals surface area contributed by atoms with Crippen LogP contribution in [0.15, 0.2) is 12.1 Å². The number of methoxy groups -OCH3 is 2. The van der Waals surface area contributed by atoms with Gasteiger partial charge in [-0.3, -0.25) is 0 Å². The predicted molar refractivity (Wildman–Crippen MR) is 78.4 cm³/mol. The highest BCUT2D eigenvalue weighted by atomic mass is 16.5. The molecule has 1 aliphatic carbocycles. The molecule has 1 aliphatic rings. The van der Waals surface area contributed by atoms with Crippen LogP contribution in [-0.2, 0) is 6.42 Å². The molecular formula is C16H25NO2. The van der Waals surface area contributed by atoms with Gasteiger partial charge in [-0.05, 0) is 49.8 Å². The van der Waals surface area contributed by atoms with Gasteiger partial charge in [0.15, 0.2) is 11.5 Å². The van der Waals surface area contributed by atoms with Gasteiger partial charge in [0.05, 0.1) is 14.2 Å². The third-order valence-corrected chi connectivity index (χ3v) is 3.92. The minimum Gasteiger partial charge on any atom is -0.493 e. The first-order valence-corrected chi connectivity index (χ1v) is 7.26. The lowest BCUT2D eigenvalue weighted by molar-refractivity contribution is 0.347. The van der Waals surface area contributed by atoms with Gasteiger partial charge >= 0.3 is 0 Å². The van der Waals surface area contributed by atoms with Gasteiger partial charge in [0.1, 0.15) is 0 Å². The number of benzene rings is 1. The Morgan fingerprint density at radius 1 is 1.26 bits per heavy atom. The summed E-state index contributed by atoms with van der Waals surface area (Å²) in [5.74, 6) is 2.39. The Labute approximate surface area is 116 Å². The summed E-state index contributed by atoms with van der Waals surface area (Å²) in [6.45, 7) is 4.37. The number of ether oxygens (including phenoxy) is 2. The first-order chi connectivity index (χ1) is 9.31. The fraction of sp³-hybridized carbons (Fsp3) is 0.625. The Hall–Kier alpha value is -1.22. The van der Waals surface area contributed by atoms with Crippen LogP contribution in [0.1, 0.15) is 43.2 Å². The molecule has 1 unspecified atom stereocenters. The van der Waals surface area contributed by atoms with E-state index >= 15 is 0 Å². The number of hydrogen-bond donors (Lipinski definition) is 1. The van der Waals surface area contributed by atoms with Crippen LogP contribution in [0.3, 0.4) is 0 Å². The number of nitrogens with one attached hydrogen (secondary N) is 1. The summed E-state index contributed by atoms with van der Waals surface area (Å²) >= 11 is 0. The molecule has 106 valence electrons. The Morgan fingerprint density at radius 3 is 2.79 bits per heavy atom. The molecule has 0 bridgehead atoms. The lowest BCUT2D eigenvalue weighted by Crippen LogP contribution is -2.25. The summed E-state index contributed by atoms with van der Waals surface area (Å²) in [6.07, 6.45) is 4.78. The second kappa shape index (κ2) is 6.80. The Morgan fingerprint density at radius 2 is 2.11 bits per heavy atom. The fourth-order valence-electron chi connectivity index (χ4n) is 2.99. The molecule has 3 heteroatoms. The van der Waals surface area contributed by atoms with Crippen molar-refractivity contribution < 1.29 is 9.47 Å². The van der Waals surface area contributed by atoms with E-state index in [9.17, 15) is 0 Å². The molecule has 2 rings (SSSR count). The molecule has 1 aromatic carbocycles. The third-order valence-electron chi connectivity index (χ3n) is 3.92. The summed E-state index contributed by atoms with van der Waals surface area (Å²) in [5, 5.41) is 3.54. The van der Waals surface area contributed by atoms with Crippen LogP contribution in [0.25, 0.3) is 0 Å². The van der Waals surface area contributed by atoms with E-state index in [1.807, 2.05) is 6.07 Å². The fourth-order valence-corrected chi connectivity index (χ4v) is 2.99. The van der Waals surface area contributed by atoms with Crippen LogP contribution in [0.4, 0.5) is 0 Å². The van der Waals surface area contributed by atoms with Gasteiger partial charge in [-0.2, -0.15) is 0 Å². The molecule has 1 aromatic rings. The van der Waals surface area contributed by atoms with Gasteiger partial charge in [-0.15, -0.1) is 0 Å². The molecule has 0 heterocycles.